The molecule has 2 fully saturated rings. The average molecular weight is 265 g/mol. The molecule has 0 bridgehead atoms. The number of hydrogen-bond acceptors (Lipinski definition) is 1. The molecule has 18 heavy (non-hydrogen) atoms. The number of aliphatic hydroxyl groups is 1. The number of benzene rings is 1. The van der Waals surface area contributed by atoms with E-state index in [1.54, 1.807) is 0 Å². The summed E-state index contributed by atoms with van der Waals surface area (Å²) in [6.07, 6.45) is 7.97. The van der Waals surface area contributed by atoms with E-state index in [1.807, 2.05) is 18.2 Å². The lowest BCUT2D eigenvalue weighted by molar-refractivity contribution is -0.0195. The molecule has 2 aliphatic rings. The highest BCUT2D eigenvalue weighted by atomic mass is 35.5. The fraction of sp³-hybridized carbons (Fsp3) is 0.625. The van der Waals surface area contributed by atoms with Crippen LogP contribution in [-0.2, 0) is 6.42 Å². The first-order valence-electron chi connectivity index (χ1n) is 7.11. The van der Waals surface area contributed by atoms with E-state index >= 15 is 0 Å². The minimum absolute atomic E-state index is 0.490. The maximum absolute atomic E-state index is 10.8. The Hall–Kier alpha value is -0.530. The zero-order valence-corrected chi connectivity index (χ0v) is 11.5. The van der Waals surface area contributed by atoms with Gasteiger partial charge in [-0.25, -0.2) is 0 Å². The summed E-state index contributed by atoms with van der Waals surface area (Å²) in [6, 6.07) is 7.93. The first-order valence-corrected chi connectivity index (χ1v) is 7.49. The van der Waals surface area contributed by atoms with Crippen molar-refractivity contribution in [1.29, 1.82) is 0 Å². The highest BCUT2D eigenvalue weighted by molar-refractivity contribution is 6.30. The lowest BCUT2D eigenvalue weighted by atomic mass is 9.73. The van der Waals surface area contributed by atoms with Gasteiger partial charge in [-0.1, -0.05) is 30.2 Å². The molecule has 2 saturated carbocycles. The monoisotopic (exact) mass is 264 g/mol. The number of halogens is 1. The lowest BCUT2D eigenvalue weighted by Crippen LogP contribution is -2.38. The van der Waals surface area contributed by atoms with Crippen LogP contribution < -0.4 is 0 Å². The topological polar surface area (TPSA) is 20.2 Å². The van der Waals surface area contributed by atoms with Crippen molar-refractivity contribution >= 4 is 11.6 Å². The molecule has 1 N–H and O–H groups in total. The molecule has 0 amide bonds. The Kier molecular flexibility index (Phi) is 3.38. The van der Waals surface area contributed by atoms with Crippen molar-refractivity contribution < 1.29 is 5.11 Å². The Morgan fingerprint density at radius 1 is 1.22 bits per heavy atom. The molecule has 0 radical (unpaired) electrons. The van der Waals surface area contributed by atoms with Gasteiger partial charge in [-0.15, -0.1) is 0 Å². The average Bonchev–Trinajstić information content (AvgIpc) is 3.12. The predicted octanol–water partition coefficient (Wildman–Crippen LogP) is 4.21. The van der Waals surface area contributed by atoms with Crippen LogP contribution in [0.15, 0.2) is 24.3 Å². The first-order chi connectivity index (χ1) is 8.65. The molecule has 0 spiro atoms. The van der Waals surface area contributed by atoms with E-state index in [4.69, 9.17) is 11.6 Å². The Bertz CT molecular complexity index is 427. The van der Waals surface area contributed by atoms with Gasteiger partial charge in [0, 0.05) is 11.4 Å². The molecule has 0 saturated heterocycles. The molecule has 2 heteroatoms. The molecule has 0 heterocycles. The summed E-state index contributed by atoms with van der Waals surface area (Å²) < 4.78 is 0. The van der Waals surface area contributed by atoms with Crippen molar-refractivity contribution in [2.45, 2.75) is 50.5 Å². The van der Waals surface area contributed by atoms with Crippen LogP contribution in [0, 0.1) is 11.8 Å². The molecule has 2 atom stereocenters. The second-order valence-electron chi connectivity index (χ2n) is 6.22. The standard InChI is InChI=1S/C16H21ClO/c17-15-5-1-3-12(9-15)10-16(18)8-2-4-14(11-16)13-6-7-13/h1,3,5,9,13-14,18H,2,4,6-8,10-11H2. The minimum atomic E-state index is -0.490. The molecule has 0 aromatic heterocycles. The summed E-state index contributed by atoms with van der Waals surface area (Å²) in [5.74, 6) is 1.68. The summed E-state index contributed by atoms with van der Waals surface area (Å²) in [7, 11) is 0. The fourth-order valence-electron chi connectivity index (χ4n) is 3.54. The van der Waals surface area contributed by atoms with Gasteiger partial charge in [-0.3, -0.25) is 0 Å². The lowest BCUT2D eigenvalue weighted by Gasteiger charge is -2.37. The third kappa shape index (κ3) is 2.89. The van der Waals surface area contributed by atoms with Crippen molar-refractivity contribution in [3.8, 4) is 0 Å². The van der Waals surface area contributed by atoms with Crippen LogP contribution in [0.25, 0.3) is 0 Å². The number of hydrogen-bond donors (Lipinski definition) is 1. The van der Waals surface area contributed by atoms with Crippen LogP contribution in [0.4, 0.5) is 0 Å². The quantitative estimate of drug-likeness (QED) is 0.867. The molecular formula is C16H21ClO. The Balaban J connectivity index is 1.69. The predicted molar refractivity (Wildman–Crippen MR) is 74.8 cm³/mol. The molecule has 2 unspecified atom stereocenters. The zero-order chi connectivity index (χ0) is 12.6. The van der Waals surface area contributed by atoms with Gasteiger partial charge in [0.2, 0.25) is 0 Å². The van der Waals surface area contributed by atoms with Crippen molar-refractivity contribution in [3.05, 3.63) is 34.9 Å². The van der Waals surface area contributed by atoms with Crippen LogP contribution >= 0.6 is 11.6 Å². The highest BCUT2D eigenvalue weighted by Crippen LogP contribution is 2.47. The summed E-state index contributed by atoms with van der Waals surface area (Å²) >= 11 is 6.02. The van der Waals surface area contributed by atoms with Gasteiger partial charge in [-0.05, 0) is 61.6 Å². The summed E-state index contributed by atoms with van der Waals surface area (Å²) in [6.45, 7) is 0. The van der Waals surface area contributed by atoms with Crippen molar-refractivity contribution in [2.24, 2.45) is 11.8 Å². The van der Waals surface area contributed by atoms with E-state index in [9.17, 15) is 5.11 Å². The Morgan fingerprint density at radius 2 is 2.06 bits per heavy atom. The van der Waals surface area contributed by atoms with E-state index in [-0.39, 0.29) is 0 Å². The fourth-order valence-corrected chi connectivity index (χ4v) is 3.76. The summed E-state index contributed by atoms with van der Waals surface area (Å²) in [4.78, 5) is 0. The van der Waals surface area contributed by atoms with E-state index in [0.717, 1.165) is 36.1 Å². The molecule has 1 aromatic rings. The molecule has 1 nitrogen and oxygen atoms in total. The third-order valence-corrected chi connectivity index (χ3v) is 4.81. The van der Waals surface area contributed by atoms with E-state index in [0.29, 0.717) is 0 Å². The van der Waals surface area contributed by atoms with Crippen LogP contribution in [0.1, 0.15) is 44.1 Å². The molecule has 98 valence electrons. The van der Waals surface area contributed by atoms with Crippen LogP contribution in [0.5, 0.6) is 0 Å². The minimum Gasteiger partial charge on any atom is -0.390 e. The summed E-state index contributed by atoms with van der Waals surface area (Å²) in [5.41, 5.74) is 0.678. The number of rotatable bonds is 3. The molecule has 1 aromatic carbocycles. The largest absolute Gasteiger partial charge is 0.390 e. The van der Waals surface area contributed by atoms with Crippen LogP contribution in [-0.4, -0.2) is 10.7 Å². The SMILES string of the molecule is OC1(Cc2cccc(Cl)c2)CCCC(C2CC2)C1. The molecule has 2 aliphatic carbocycles. The third-order valence-electron chi connectivity index (χ3n) is 4.57. The maximum atomic E-state index is 10.8. The Labute approximate surface area is 114 Å². The molecule has 3 rings (SSSR count). The van der Waals surface area contributed by atoms with Crippen molar-refractivity contribution in [1.82, 2.24) is 0 Å². The molecular weight excluding hydrogens is 244 g/mol. The van der Waals surface area contributed by atoms with Gasteiger partial charge in [0.05, 0.1) is 5.60 Å². The van der Waals surface area contributed by atoms with E-state index in [2.05, 4.69) is 6.07 Å². The van der Waals surface area contributed by atoms with Gasteiger partial charge < -0.3 is 5.11 Å². The van der Waals surface area contributed by atoms with Gasteiger partial charge in [0.1, 0.15) is 0 Å². The normalized spacial score (nSPS) is 32.4. The Morgan fingerprint density at radius 3 is 2.78 bits per heavy atom. The van der Waals surface area contributed by atoms with E-state index < -0.39 is 5.60 Å². The van der Waals surface area contributed by atoms with Crippen molar-refractivity contribution in [2.75, 3.05) is 0 Å². The zero-order valence-electron chi connectivity index (χ0n) is 10.7. The van der Waals surface area contributed by atoms with Crippen LogP contribution in [0.3, 0.4) is 0 Å². The summed E-state index contributed by atoms with van der Waals surface area (Å²) in [5, 5.41) is 11.6. The maximum Gasteiger partial charge on any atom is 0.0690 e. The van der Waals surface area contributed by atoms with Gasteiger partial charge >= 0.3 is 0 Å². The highest BCUT2D eigenvalue weighted by Gasteiger charge is 2.40. The van der Waals surface area contributed by atoms with Gasteiger partial charge in [0.25, 0.3) is 0 Å². The van der Waals surface area contributed by atoms with Gasteiger partial charge in [-0.2, -0.15) is 0 Å². The molecule has 0 aliphatic heterocycles. The van der Waals surface area contributed by atoms with Crippen LogP contribution in [0.2, 0.25) is 5.02 Å². The van der Waals surface area contributed by atoms with Gasteiger partial charge in [0.15, 0.2) is 0 Å². The second-order valence-corrected chi connectivity index (χ2v) is 6.66. The van der Waals surface area contributed by atoms with E-state index in [1.165, 1.54) is 31.2 Å². The smallest absolute Gasteiger partial charge is 0.0690 e. The van der Waals surface area contributed by atoms with Crippen molar-refractivity contribution in [3.63, 3.8) is 0 Å². The first kappa shape index (κ1) is 12.5. The second kappa shape index (κ2) is 4.86.